The van der Waals surface area contributed by atoms with Crippen molar-refractivity contribution in [3.63, 3.8) is 0 Å². The van der Waals surface area contributed by atoms with E-state index in [4.69, 9.17) is 16.3 Å². The number of rotatable bonds is 6. The number of nitrogens with one attached hydrogen (secondary N) is 1. The molecule has 0 saturated heterocycles. The van der Waals surface area contributed by atoms with Gasteiger partial charge in [0.2, 0.25) is 0 Å². The molecule has 0 spiro atoms. The van der Waals surface area contributed by atoms with Crippen LogP contribution in [0.4, 0.5) is 5.69 Å². The topological polar surface area (TPSA) is 68.3 Å². The van der Waals surface area contributed by atoms with Crippen molar-refractivity contribution >= 4 is 50.7 Å². The second-order valence-electron chi connectivity index (χ2n) is 5.75. The number of carbonyl (C=O) groups excluding carboxylic acids is 2. The van der Waals surface area contributed by atoms with Crippen molar-refractivity contribution in [2.75, 3.05) is 11.9 Å². The van der Waals surface area contributed by atoms with Crippen LogP contribution >= 0.6 is 22.9 Å². The van der Waals surface area contributed by atoms with E-state index in [-0.39, 0.29) is 13.0 Å². The summed E-state index contributed by atoms with van der Waals surface area (Å²) in [6.45, 7) is 1.55. The number of para-hydroxylation sites is 1. The normalized spacial score (nSPS) is 10.7. The zero-order valence-electron chi connectivity index (χ0n) is 14.1. The molecule has 0 unspecified atom stereocenters. The van der Waals surface area contributed by atoms with E-state index in [0.29, 0.717) is 17.1 Å². The Balaban J connectivity index is 1.44. The van der Waals surface area contributed by atoms with Gasteiger partial charge in [0.05, 0.1) is 21.6 Å². The van der Waals surface area contributed by atoms with Gasteiger partial charge in [-0.25, -0.2) is 4.98 Å². The fraction of sp³-hybridized carbons (Fsp3) is 0.211. The van der Waals surface area contributed by atoms with Crippen LogP contribution < -0.4 is 5.32 Å². The molecule has 0 saturated carbocycles. The predicted octanol–water partition coefficient (Wildman–Crippen LogP) is 4.37. The summed E-state index contributed by atoms with van der Waals surface area (Å²) in [5, 5.41) is 4.09. The molecule has 0 atom stereocenters. The summed E-state index contributed by atoms with van der Waals surface area (Å²) >= 11 is 7.57. The predicted molar refractivity (Wildman–Crippen MR) is 104 cm³/mol. The minimum absolute atomic E-state index is 0.184. The Kier molecular flexibility index (Phi) is 5.85. The molecule has 0 bridgehead atoms. The number of thiazole rings is 1. The molecule has 2 aromatic carbocycles. The number of carbonyl (C=O) groups is 2. The van der Waals surface area contributed by atoms with Gasteiger partial charge in [-0.1, -0.05) is 29.8 Å². The highest BCUT2D eigenvalue weighted by Gasteiger charge is 2.11. The Morgan fingerprint density at radius 1 is 1.23 bits per heavy atom. The van der Waals surface area contributed by atoms with Gasteiger partial charge < -0.3 is 10.1 Å². The number of benzene rings is 2. The highest BCUT2D eigenvalue weighted by Crippen LogP contribution is 2.22. The lowest BCUT2D eigenvalue weighted by molar-refractivity contribution is -0.147. The van der Waals surface area contributed by atoms with Crippen LogP contribution in [0.1, 0.15) is 17.0 Å². The number of hydrogen-bond donors (Lipinski definition) is 1. The van der Waals surface area contributed by atoms with Crippen LogP contribution in [-0.2, 0) is 20.7 Å². The lowest BCUT2D eigenvalue weighted by atomic mass is 10.2. The van der Waals surface area contributed by atoms with Crippen LogP contribution in [0, 0.1) is 6.92 Å². The first-order valence-electron chi connectivity index (χ1n) is 8.07. The number of aromatic nitrogens is 1. The number of amides is 1. The summed E-state index contributed by atoms with van der Waals surface area (Å²) in [5.74, 6) is -0.834. The molecule has 0 aliphatic rings. The molecule has 5 nitrogen and oxygen atoms in total. The maximum atomic E-state index is 11.9. The molecule has 0 fully saturated rings. The van der Waals surface area contributed by atoms with Gasteiger partial charge in [0.1, 0.15) is 0 Å². The minimum Gasteiger partial charge on any atom is -0.456 e. The van der Waals surface area contributed by atoms with Crippen molar-refractivity contribution in [3.8, 4) is 0 Å². The highest BCUT2D eigenvalue weighted by molar-refractivity contribution is 7.18. The number of anilines is 1. The number of ether oxygens (including phenoxy) is 1. The van der Waals surface area contributed by atoms with Crippen LogP contribution in [0.25, 0.3) is 10.2 Å². The lowest BCUT2D eigenvalue weighted by Crippen LogP contribution is -2.21. The molecule has 1 heterocycles. The van der Waals surface area contributed by atoms with Gasteiger partial charge in [-0.15, -0.1) is 11.3 Å². The third-order valence-electron chi connectivity index (χ3n) is 3.70. The Hall–Kier alpha value is -2.44. The highest BCUT2D eigenvalue weighted by atomic mass is 35.5. The molecule has 1 aromatic heterocycles. The van der Waals surface area contributed by atoms with E-state index < -0.39 is 11.9 Å². The van der Waals surface area contributed by atoms with Gasteiger partial charge in [0, 0.05) is 17.1 Å². The van der Waals surface area contributed by atoms with Gasteiger partial charge in [-0.2, -0.15) is 0 Å². The van der Waals surface area contributed by atoms with E-state index in [1.165, 1.54) is 0 Å². The van der Waals surface area contributed by atoms with Crippen LogP contribution in [0.15, 0.2) is 42.5 Å². The second kappa shape index (κ2) is 8.29. The number of nitrogens with zero attached hydrogens (tertiary/aromatic N) is 1. The molecular weight excluding hydrogens is 372 g/mol. The molecular formula is C19H17ClN2O3S. The smallest absolute Gasteiger partial charge is 0.306 e. The van der Waals surface area contributed by atoms with E-state index in [1.54, 1.807) is 23.5 Å². The number of fused-ring (bicyclic) bond motifs is 1. The zero-order valence-corrected chi connectivity index (χ0v) is 15.7. The zero-order chi connectivity index (χ0) is 18.5. The summed E-state index contributed by atoms with van der Waals surface area (Å²) in [5.41, 5.74) is 2.42. The Bertz CT molecular complexity index is 922. The van der Waals surface area contributed by atoms with Crippen molar-refractivity contribution in [1.29, 1.82) is 0 Å². The van der Waals surface area contributed by atoms with Crippen LogP contribution in [0.3, 0.4) is 0 Å². The van der Waals surface area contributed by atoms with E-state index in [1.807, 2.05) is 37.3 Å². The van der Waals surface area contributed by atoms with Crippen LogP contribution in [0.2, 0.25) is 5.02 Å². The van der Waals surface area contributed by atoms with Gasteiger partial charge >= 0.3 is 5.97 Å². The molecule has 1 N–H and O–H groups in total. The summed E-state index contributed by atoms with van der Waals surface area (Å²) in [6.07, 6.45) is 0.677. The first-order valence-corrected chi connectivity index (χ1v) is 9.27. The van der Waals surface area contributed by atoms with E-state index in [2.05, 4.69) is 10.3 Å². The summed E-state index contributed by atoms with van der Waals surface area (Å²) in [6, 6.07) is 13.0. The van der Waals surface area contributed by atoms with Crippen molar-refractivity contribution in [3.05, 3.63) is 58.1 Å². The minimum atomic E-state index is -0.429. The van der Waals surface area contributed by atoms with Gasteiger partial charge in [-0.3, -0.25) is 9.59 Å². The number of aryl methyl sites for hydroxylation is 2. The Labute approximate surface area is 160 Å². The van der Waals surface area contributed by atoms with Crippen molar-refractivity contribution < 1.29 is 14.3 Å². The number of esters is 1. The summed E-state index contributed by atoms with van der Waals surface area (Å²) in [4.78, 5) is 28.2. The third-order valence-corrected chi connectivity index (χ3v) is 5.20. The molecule has 0 aliphatic carbocycles. The second-order valence-corrected chi connectivity index (χ2v) is 7.27. The Morgan fingerprint density at radius 3 is 2.81 bits per heavy atom. The van der Waals surface area contributed by atoms with Crippen LogP contribution in [0.5, 0.6) is 0 Å². The molecule has 26 heavy (non-hydrogen) atoms. The summed E-state index contributed by atoms with van der Waals surface area (Å²) < 4.78 is 6.11. The quantitative estimate of drug-likeness (QED) is 0.636. The van der Waals surface area contributed by atoms with Crippen LogP contribution in [-0.4, -0.2) is 23.5 Å². The van der Waals surface area contributed by atoms with E-state index >= 15 is 0 Å². The maximum absolute atomic E-state index is 11.9. The maximum Gasteiger partial charge on any atom is 0.306 e. The lowest BCUT2D eigenvalue weighted by Gasteiger charge is -2.07. The molecule has 134 valence electrons. The molecule has 1 amide bonds. The molecule has 0 aliphatic heterocycles. The van der Waals surface area contributed by atoms with E-state index in [9.17, 15) is 9.59 Å². The summed E-state index contributed by atoms with van der Waals surface area (Å²) in [7, 11) is 0. The van der Waals surface area contributed by atoms with E-state index in [0.717, 1.165) is 20.8 Å². The van der Waals surface area contributed by atoms with Crippen molar-refractivity contribution in [2.24, 2.45) is 0 Å². The molecule has 0 radical (unpaired) electrons. The molecule has 3 aromatic rings. The molecule has 7 heteroatoms. The van der Waals surface area contributed by atoms with Crippen molar-refractivity contribution in [1.82, 2.24) is 4.98 Å². The van der Waals surface area contributed by atoms with Gasteiger partial charge in [0.15, 0.2) is 6.61 Å². The number of halogens is 1. The van der Waals surface area contributed by atoms with Crippen molar-refractivity contribution in [2.45, 2.75) is 19.8 Å². The average Bonchev–Trinajstić information content (AvgIpc) is 3.04. The number of hydrogen-bond acceptors (Lipinski definition) is 5. The fourth-order valence-electron chi connectivity index (χ4n) is 2.32. The van der Waals surface area contributed by atoms with Gasteiger partial charge in [0.25, 0.3) is 5.91 Å². The average molecular weight is 389 g/mol. The Morgan fingerprint density at radius 2 is 2.04 bits per heavy atom. The largest absolute Gasteiger partial charge is 0.456 e. The monoisotopic (exact) mass is 388 g/mol. The fourth-order valence-corrected chi connectivity index (χ4v) is 3.47. The SMILES string of the molecule is Cc1ccc(NC(=O)COC(=O)CCc2nc3ccccc3s2)cc1Cl. The first kappa shape index (κ1) is 18.4. The van der Waals surface area contributed by atoms with Gasteiger partial charge in [-0.05, 0) is 36.8 Å². The third kappa shape index (κ3) is 4.80. The molecule has 3 rings (SSSR count). The first-order chi connectivity index (χ1) is 12.5. The standard InChI is InChI=1S/C19H17ClN2O3S/c1-12-6-7-13(10-14(12)20)21-17(23)11-25-19(24)9-8-18-22-15-4-2-3-5-16(15)26-18/h2-7,10H,8-9,11H2,1H3,(H,21,23).